The molecule has 0 aromatic carbocycles. The van der Waals surface area contributed by atoms with Gasteiger partial charge in [0.1, 0.15) is 4.21 Å². The van der Waals surface area contributed by atoms with Crippen molar-refractivity contribution in [3.8, 4) is 0 Å². The zero-order chi connectivity index (χ0) is 20.0. The van der Waals surface area contributed by atoms with E-state index in [4.69, 9.17) is 27.9 Å². The van der Waals surface area contributed by atoms with Crippen LogP contribution in [0.25, 0.3) is 0 Å². The zero-order valence-corrected chi connectivity index (χ0v) is 17.1. The number of esters is 1. The summed E-state index contributed by atoms with van der Waals surface area (Å²) in [5.41, 5.74) is 0.554. The van der Waals surface area contributed by atoms with Crippen LogP contribution < -0.4 is 10.0 Å². The van der Waals surface area contributed by atoms with Gasteiger partial charge in [-0.05, 0) is 23.9 Å². The second-order valence-corrected chi connectivity index (χ2v) is 8.91. The molecule has 2 N–H and O–H groups in total. The summed E-state index contributed by atoms with van der Waals surface area (Å²) < 4.78 is 31.0. The van der Waals surface area contributed by atoms with Gasteiger partial charge in [0.25, 0.3) is 5.91 Å². The fourth-order valence-electron chi connectivity index (χ4n) is 1.81. The number of nitrogens with one attached hydrogen (secondary N) is 2. The second-order valence-electron chi connectivity index (χ2n) is 5.18. The Morgan fingerprint density at radius 3 is 2.74 bits per heavy atom. The normalized spacial score (nSPS) is 11.2. The average molecular weight is 452 g/mol. The number of sulfonamides is 1. The van der Waals surface area contributed by atoms with Gasteiger partial charge in [-0.3, -0.25) is 9.59 Å². The smallest absolute Gasteiger partial charge is 0.307 e. The summed E-state index contributed by atoms with van der Waals surface area (Å²) in [7, 11) is -3.65. The minimum atomic E-state index is -3.65. The van der Waals surface area contributed by atoms with Crippen LogP contribution in [-0.4, -0.2) is 38.4 Å². The Morgan fingerprint density at radius 1 is 1.33 bits per heavy atom. The molecule has 27 heavy (non-hydrogen) atoms. The molecule has 2 heterocycles. The highest BCUT2D eigenvalue weighted by Gasteiger charge is 2.16. The highest BCUT2D eigenvalue weighted by molar-refractivity contribution is 7.91. The van der Waals surface area contributed by atoms with E-state index < -0.39 is 28.5 Å². The summed E-state index contributed by atoms with van der Waals surface area (Å²) in [6.45, 7) is 0.958. The Balaban J connectivity index is 1.75. The largest absolute Gasteiger partial charge is 0.456 e. The summed E-state index contributed by atoms with van der Waals surface area (Å²) in [6.07, 6.45) is 1.11. The molecular weight excluding hydrogens is 437 g/mol. The summed E-state index contributed by atoms with van der Waals surface area (Å²) >= 11 is 12.9. The first-order chi connectivity index (χ1) is 12.7. The molecule has 0 unspecified atom stereocenters. The lowest BCUT2D eigenvalue weighted by Crippen LogP contribution is -2.27. The first kappa shape index (κ1) is 21.6. The van der Waals surface area contributed by atoms with Crippen molar-refractivity contribution >= 4 is 62.3 Å². The third kappa shape index (κ3) is 6.15. The quantitative estimate of drug-likeness (QED) is 0.596. The molecule has 146 valence electrons. The van der Waals surface area contributed by atoms with Crippen LogP contribution in [0.1, 0.15) is 12.0 Å². The van der Waals surface area contributed by atoms with E-state index in [2.05, 4.69) is 15.0 Å². The lowest BCUT2D eigenvalue weighted by Gasteiger charge is -2.09. The van der Waals surface area contributed by atoms with Crippen LogP contribution in [-0.2, 0) is 24.3 Å². The van der Waals surface area contributed by atoms with Gasteiger partial charge in [-0.1, -0.05) is 29.3 Å². The minimum absolute atomic E-state index is 0.100. The van der Waals surface area contributed by atoms with Gasteiger partial charge < -0.3 is 10.1 Å². The van der Waals surface area contributed by atoms with Crippen LogP contribution >= 0.6 is 34.5 Å². The Morgan fingerprint density at radius 2 is 2.07 bits per heavy atom. The number of carbonyl (C=O) groups excluding carboxylic acids is 2. The number of anilines is 1. The molecule has 0 fully saturated rings. The van der Waals surface area contributed by atoms with Crippen LogP contribution in [0.2, 0.25) is 10.0 Å². The molecule has 0 aliphatic carbocycles. The van der Waals surface area contributed by atoms with E-state index in [9.17, 15) is 18.0 Å². The number of hydrogen-bond acceptors (Lipinski definition) is 7. The molecule has 0 saturated heterocycles. The van der Waals surface area contributed by atoms with Gasteiger partial charge in [-0.15, -0.1) is 11.3 Å². The monoisotopic (exact) mass is 451 g/mol. The number of ether oxygens (including phenoxy) is 1. The van der Waals surface area contributed by atoms with Crippen molar-refractivity contribution in [3.63, 3.8) is 0 Å². The van der Waals surface area contributed by atoms with Crippen molar-refractivity contribution in [2.45, 2.75) is 17.6 Å². The molecule has 12 heteroatoms. The fourth-order valence-corrected chi connectivity index (χ4v) is 4.26. The van der Waals surface area contributed by atoms with Crippen molar-refractivity contribution in [1.82, 2.24) is 9.71 Å². The van der Waals surface area contributed by atoms with Crippen molar-refractivity contribution in [3.05, 3.63) is 39.3 Å². The Hall–Kier alpha value is -1.72. The molecule has 0 radical (unpaired) electrons. The van der Waals surface area contributed by atoms with Crippen LogP contribution in [0.15, 0.2) is 27.9 Å². The van der Waals surface area contributed by atoms with Crippen molar-refractivity contribution in [2.75, 3.05) is 18.5 Å². The maximum Gasteiger partial charge on any atom is 0.307 e. The molecular formula is C15H15Cl2N3O5S2. The highest BCUT2D eigenvalue weighted by atomic mass is 35.5. The van der Waals surface area contributed by atoms with Crippen LogP contribution in [0.4, 0.5) is 5.82 Å². The molecule has 0 spiro atoms. The topological polar surface area (TPSA) is 114 Å². The first-order valence-corrected chi connectivity index (χ1v) is 10.6. The van der Waals surface area contributed by atoms with E-state index in [0.717, 1.165) is 11.3 Å². The Labute approximate surface area is 169 Å². The number of rotatable bonds is 8. The van der Waals surface area contributed by atoms with E-state index >= 15 is 0 Å². The van der Waals surface area contributed by atoms with Gasteiger partial charge in [0.15, 0.2) is 12.4 Å². The third-order valence-electron chi connectivity index (χ3n) is 3.21. The van der Waals surface area contributed by atoms with Gasteiger partial charge in [-0.2, -0.15) is 0 Å². The van der Waals surface area contributed by atoms with Crippen molar-refractivity contribution < 1.29 is 22.7 Å². The van der Waals surface area contributed by atoms with Gasteiger partial charge >= 0.3 is 5.97 Å². The van der Waals surface area contributed by atoms with Crippen molar-refractivity contribution in [2.24, 2.45) is 0 Å². The molecule has 8 nitrogen and oxygen atoms in total. The van der Waals surface area contributed by atoms with Gasteiger partial charge in [0, 0.05) is 12.7 Å². The minimum Gasteiger partial charge on any atom is -0.456 e. The summed E-state index contributed by atoms with van der Waals surface area (Å²) in [4.78, 5) is 27.4. The van der Waals surface area contributed by atoms with E-state index in [1.165, 1.54) is 12.3 Å². The summed E-state index contributed by atoms with van der Waals surface area (Å²) in [5, 5.41) is 4.58. The summed E-state index contributed by atoms with van der Waals surface area (Å²) in [6, 6.07) is 3.06. The third-order valence-corrected chi connectivity index (χ3v) is 6.91. The van der Waals surface area contributed by atoms with E-state index in [0.29, 0.717) is 10.6 Å². The number of amides is 1. The highest BCUT2D eigenvalue weighted by Crippen LogP contribution is 2.28. The predicted molar refractivity (Wildman–Crippen MR) is 103 cm³/mol. The number of pyridine rings is 1. The molecule has 0 saturated carbocycles. The Kier molecular flexibility index (Phi) is 7.57. The molecule has 2 rings (SSSR count). The van der Waals surface area contributed by atoms with Gasteiger partial charge in [0.2, 0.25) is 10.0 Å². The molecule has 0 bridgehead atoms. The second kappa shape index (κ2) is 9.47. The maximum absolute atomic E-state index is 11.9. The first-order valence-electron chi connectivity index (χ1n) is 7.50. The van der Waals surface area contributed by atoms with Crippen LogP contribution in [0, 0.1) is 6.92 Å². The number of nitrogens with zero attached hydrogens (tertiary/aromatic N) is 1. The SMILES string of the molecule is Cc1c(Cl)cnc(NC(=O)COC(=O)CCNS(=O)(=O)c2cccs2)c1Cl. The van der Waals surface area contributed by atoms with Crippen molar-refractivity contribution in [1.29, 1.82) is 0 Å². The number of hydrogen-bond donors (Lipinski definition) is 2. The van der Waals surface area contributed by atoms with E-state index in [1.54, 1.807) is 18.4 Å². The number of carbonyl (C=O) groups is 2. The lowest BCUT2D eigenvalue weighted by atomic mass is 10.3. The van der Waals surface area contributed by atoms with Gasteiger partial charge in [-0.25, -0.2) is 18.1 Å². The number of thiophene rings is 1. The van der Waals surface area contributed by atoms with Crippen LogP contribution in [0.5, 0.6) is 0 Å². The number of aromatic nitrogens is 1. The molecule has 0 aliphatic heterocycles. The maximum atomic E-state index is 11.9. The average Bonchev–Trinajstić information content (AvgIpc) is 3.16. The standard InChI is InChI=1S/C15H15Cl2N3O5S2/c1-9-10(16)7-18-15(14(9)17)20-11(21)8-25-12(22)4-5-19-27(23,24)13-3-2-6-26-13/h2-3,6-7,19H,4-5,8H2,1H3,(H,18,20,21). The van der Waals surface area contributed by atoms with Gasteiger partial charge in [0.05, 0.1) is 16.5 Å². The molecule has 2 aromatic rings. The molecule has 1 amide bonds. The van der Waals surface area contributed by atoms with E-state index in [1.807, 2.05) is 0 Å². The fraction of sp³-hybridized carbons (Fsp3) is 0.267. The van der Waals surface area contributed by atoms with E-state index in [-0.39, 0.29) is 28.0 Å². The van der Waals surface area contributed by atoms with Crippen LogP contribution in [0.3, 0.4) is 0 Å². The Bertz CT molecular complexity index is 933. The predicted octanol–water partition coefficient (Wildman–Crippen LogP) is 2.61. The summed E-state index contributed by atoms with van der Waals surface area (Å²) in [5.74, 6) is -1.27. The zero-order valence-electron chi connectivity index (χ0n) is 14.0. The molecule has 0 atom stereocenters. The number of halogens is 2. The molecule has 2 aromatic heterocycles. The molecule has 0 aliphatic rings. The lowest BCUT2D eigenvalue weighted by molar-refractivity contribution is -0.147.